The summed E-state index contributed by atoms with van der Waals surface area (Å²) in [7, 11) is 1.62. The lowest BCUT2D eigenvalue weighted by atomic mass is 9.96. The first kappa shape index (κ1) is 15.8. The van der Waals surface area contributed by atoms with Gasteiger partial charge in [0.1, 0.15) is 11.8 Å². The van der Waals surface area contributed by atoms with Gasteiger partial charge in [-0.1, -0.05) is 25.1 Å². The van der Waals surface area contributed by atoms with Gasteiger partial charge in [-0.15, -0.1) is 0 Å². The first-order valence-electron chi connectivity index (χ1n) is 7.88. The Kier molecular flexibility index (Phi) is 4.35. The lowest BCUT2D eigenvalue weighted by Gasteiger charge is -2.16. The third kappa shape index (κ3) is 2.65. The van der Waals surface area contributed by atoms with Crippen molar-refractivity contribution in [3.8, 4) is 11.8 Å². The Balaban J connectivity index is 2.00. The molecule has 0 bridgehead atoms. The minimum Gasteiger partial charge on any atom is -0.497 e. The van der Waals surface area contributed by atoms with Crippen molar-refractivity contribution in [1.82, 2.24) is 5.32 Å². The monoisotopic (exact) mass is 318 g/mol. The number of allylic oxidation sites excluding steroid dienone is 2. The Labute approximate surface area is 141 Å². The van der Waals surface area contributed by atoms with Gasteiger partial charge < -0.3 is 10.1 Å². The van der Waals surface area contributed by atoms with Crippen LogP contribution in [-0.4, -0.2) is 13.0 Å². The van der Waals surface area contributed by atoms with Crippen molar-refractivity contribution in [3.05, 3.63) is 70.9 Å². The van der Waals surface area contributed by atoms with Crippen molar-refractivity contribution in [2.24, 2.45) is 0 Å². The van der Waals surface area contributed by atoms with E-state index in [-0.39, 0.29) is 11.8 Å². The lowest BCUT2D eigenvalue weighted by Crippen LogP contribution is -2.25. The lowest BCUT2D eigenvalue weighted by molar-refractivity contribution is 0.0964. The molecule has 0 saturated carbocycles. The molecule has 1 aliphatic carbocycles. The van der Waals surface area contributed by atoms with Gasteiger partial charge in [-0.3, -0.25) is 4.79 Å². The van der Waals surface area contributed by atoms with Gasteiger partial charge in [-0.05, 0) is 47.9 Å². The van der Waals surface area contributed by atoms with E-state index in [0.29, 0.717) is 16.8 Å². The molecule has 1 atom stereocenters. The fourth-order valence-electron chi connectivity index (χ4n) is 3.14. The van der Waals surface area contributed by atoms with Crippen LogP contribution < -0.4 is 10.1 Å². The van der Waals surface area contributed by atoms with Gasteiger partial charge >= 0.3 is 0 Å². The number of nitrogens with zero attached hydrogens (tertiary/aromatic N) is 1. The van der Waals surface area contributed by atoms with Crippen LogP contribution in [0.15, 0.2) is 54.2 Å². The molecule has 2 aromatic carbocycles. The molecular formula is C20H18N2O2. The molecule has 2 aromatic rings. The maximum atomic E-state index is 12.5. The van der Waals surface area contributed by atoms with Gasteiger partial charge in [0.15, 0.2) is 0 Å². The second-order valence-electron chi connectivity index (χ2n) is 5.63. The summed E-state index contributed by atoms with van der Waals surface area (Å²) < 4.78 is 5.30. The first-order valence-corrected chi connectivity index (χ1v) is 7.88. The smallest absolute Gasteiger partial charge is 0.255 e. The molecule has 1 aliphatic rings. The first-order chi connectivity index (χ1) is 11.7. The van der Waals surface area contributed by atoms with Gasteiger partial charge in [0.25, 0.3) is 5.91 Å². The van der Waals surface area contributed by atoms with E-state index in [1.807, 2.05) is 43.3 Å². The number of fused-ring (bicyclic) bond motifs is 1. The average Bonchev–Trinajstić information content (AvgIpc) is 2.93. The van der Waals surface area contributed by atoms with E-state index in [4.69, 9.17) is 4.74 Å². The molecule has 0 spiro atoms. The second-order valence-corrected chi connectivity index (χ2v) is 5.63. The molecule has 1 amide bonds. The van der Waals surface area contributed by atoms with Gasteiger partial charge in [0, 0.05) is 17.2 Å². The molecule has 3 rings (SSSR count). The summed E-state index contributed by atoms with van der Waals surface area (Å²) in [4.78, 5) is 12.5. The van der Waals surface area contributed by atoms with Crippen LogP contribution in [-0.2, 0) is 0 Å². The standard InChI is InChI=1S/C20H18N2O2/c1-3-15-17-11-14(24-2)9-10-16(17)18(12-21)19(15)22-20(23)13-7-5-4-6-8-13/h4-11,15H,3H2,1-2H3,(H,22,23). The summed E-state index contributed by atoms with van der Waals surface area (Å²) >= 11 is 0. The number of nitrogens with one attached hydrogen (secondary N) is 1. The largest absolute Gasteiger partial charge is 0.497 e. The van der Waals surface area contributed by atoms with E-state index < -0.39 is 0 Å². The van der Waals surface area contributed by atoms with Crippen molar-refractivity contribution in [2.75, 3.05) is 7.11 Å². The molecule has 0 saturated heterocycles. The predicted octanol–water partition coefficient (Wildman–Crippen LogP) is 3.87. The molecule has 0 radical (unpaired) electrons. The SMILES string of the molecule is CCC1C(NC(=O)c2ccccc2)=C(C#N)c2ccc(OC)cc21. The molecular weight excluding hydrogens is 300 g/mol. The van der Waals surface area contributed by atoms with E-state index >= 15 is 0 Å². The highest BCUT2D eigenvalue weighted by Crippen LogP contribution is 2.43. The van der Waals surface area contributed by atoms with Gasteiger partial charge in [0.2, 0.25) is 0 Å². The third-order valence-corrected chi connectivity index (χ3v) is 4.33. The van der Waals surface area contributed by atoms with Crippen molar-refractivity contribution in [2.45, 2.75) is 19.3 Å². The number of methoxy groups -OCH3 is 1. The summed E-state index contributed by atoms with van der Waals surface area (Å²) in [5, 5.41) is 12.6. The van der Waals surface area contributed by atoms with Crippen molar-refractivity contribution >= 4 is 11.5 Å². The number of carbonyl (C=O) groups is 1. The number of carbonyl (C=O) groups excluding carboxylic acids is 1. The summed E-state index contributed by atoms with van der Waals surface area (Å²) in [6, 6.07) is 16.9. The fraction of sp³-hybridized carbons (Fsp3) is 0.200. The Bertz CT molecular complexity index is 848. The third-order valence-electron chi connectivity index (χ3n) is 4.33. The molecule has 24 heavy (non-hydrogen) atoms. The van der Waals surface area contributed by atoms with Crippen LogP contribution in [0.25, 0.3) is 5.57 Å². The topological polar surface area (TPSA) is 62.1 Å². The van der Waals surface area contributed by atoms with E-state index in [1.54, 1.807) is 19.2 Å². The Morgan fingerprint density at radius 2 is 2.00 bits per heavy atom. The van der Waals surface area contributed by atoms with Crippen molar-refractivity contribution in [3.63, 3.8) is 0 Å². The molecule has 4 heteroatoms. The number of amides is 1. The van der Waals surface area contributed by atoms with Crippen LogP contribution in [0.4, 0.5) is 0 Å². The minimum atomic E-state index is -0.198. The average molecular weight is 318 g/mol. The Morgan fingerprint density at radius 3 is 2.62 bits per heavy atom. The molecule has 0 aromatic heterocycles. The number of hydrogen-bond donors (Lipinski definition) is 1. The van der Waals surface area contributed by atoms with Gasteiger partial charge in [-0.2, -0.15) is 5.26 Å². The summed E-state index contributed by atoms with van der Waals surface area (Å²) in [6.07, 6.45) is 0.787. The number of benzene rings is 2. The molecule has 120 valence electrons. The number of nitriles is 1. The fourth-order valence-corrected chi connectivity index (χ4v) is 3.14. The van der Waals surface area contributed by atoms with Crippen molar-refractivity contribution in [1.29, 1.82) is 5.26 Å². The van der Waals surface area contributed by atoms with E-state index in [2.05, 4.69) is 11.4 Å². The van der Waals surface area contributed by atoms with Crippen molar-refractivity contribution < 1.29 is 9.53 Å². The molecule has 0 heterocycles. The van der Waals surface area contributed by atoms with Crippen LogP contribution in [0.2, 0.25) is 0 Å². The highest BCUT2D eigenvalue weighted by molar-refractivity contribution is 5.98. The maximum absolute atomic E-state index is 12.5. The Hall–Kier alpha value is -3.06. The quantitative estimate of drug-likeness (QED) is 0.931. The van der Waals surface area contributed by atoms with Crippen LogP contribution in [0.5, 0.6) is 5.75 Å². The number of ether oxygens (including phenoxy) is 1. The number of rotatable bonds is 4. The molecule has 0 fully saturated rings. The van der Waals surface area contributed by atoms with Gasteiger partial charge in [0.05, 0.1) is 12.7 Å². The van der Waals surface area contributed by atoms with Gasteiger partial charge in [-0.25, -0.2) is 0 Å². The molecule has 1 N–H and O–H groups in total. The van der Waals surface area contributed by atoms with E-state index in [1.165, 1.54) is 0 Å². The zero-order valence-corrected chi connectivity index (χ0v) is 13.7. The molecule has 1 unspecified atom stereocenters. The highest BCUT2D eigenvalue weighted by Gasteiger charge is 2.32. The summed E-state index contributed by atoms with van der Waals surface area (Å²) in [5.41, 5.74) is 3.68. The summed E-state index contributed by atoms with van der Waals surface area (Å²) in [6.45, 7) is 2.04. The minimum absolute atomic E-state index is 0.0163. The second kappa shape index (κ2) is 6.59. The zero-order valence-electron chi connectivity index (χ0n) is 13.7. The van der Waals surface area contributed by atoms with E-state index in [9.17, 15) is 10.1 Å². The molecule has 4 nitrogen and oxygen atoms in total. The maximum Gasteiger partial charge on any atom is 0.255 e. The highest BCUT2D eigenvalue weighted by atomic mass is 16.5. The normalized spacial score (nSPS) is 15.6. The zero-order chi connectivity index (χ0) is 17.1. The number of hydrogen-bond acceptors (Lipinski definition) is 3. The van der Waals surface area contributed by atoms with Crippen LogP contribution >= 0.6 is 0 Å². The van der Waals surface area contributed by atoms with Crippen LogP contribution in [0, 0.1) is 11.3 Å². The van der Waals surface area contributed by atoms with Crippen LogP contribution in [0.3, 0.4) is 0 Å². The molecule has 0 aliphatic heterocycles. The van der Waals surface area contributed by atoms with E-state index in [0.717, 1.165) is 23.3 Å². The Morgan fingerprint density at radius 1 is 1.25 bits per heavy atom. The van der Waals surface area contributed by atoms with Crippen LogP contribution in [0.1, 0.15) is 40.7 Å². The predicted molar refractivity (Wildman–Crippen MR) is 92.5 cm³/mol. The summed E-state index contributed by atoms with van der Waals surface area (Å²) in [5.74, 6) is 0.536.